The molecule has 0 aliphatic rings. The van der Waals surface area contributed by atoms with Crippen molar-refractivity contribution in [2.75, 3.05) is 19.4 Å². The molecule has 0 aliphatic heterocycles. The van der Waals surface area contributed by atoms with Crippen molar-refractivity contribution in [3.8, 4) is 0 Å². The van der Waals surface area contributed by atoms with Gasteiger partial charge in [0.25, 0.3) is 0 Å². The molecule has 0 aliphatic carbocycles. The summed E-state index contributed by atoms with van der Waals surface area (Å²) in [5.74, 6) is 1.76. The van der Waals surface area contributed by atoms with Crippen LogP contribution in [-0.2, 0) is 13.1 Å². The van der Waals surface area contributed by atoms with Gasteiger partial charge in [0, 0.05) is 13.6 Å². The summed E-state index contributed by atoms with van der Waals surface area (Å²) in [6, 6.07) is 12.5. The number of rotatable bonds is 5. The van der Waals surface area contributed by atoms with Gasteiger partial charge in [0.1, 0.15) is 16.5 Å². The van der Waals surface area contributed by atoms with Gasteiger partial charge in [0.05, 0.1) is 11.9 Å². The lowest BCUT2D eigenvalue weighted by Gasteiger charge is -2.16. The Kier molecular flexibility index (Phi) is 4.13. The lowest BCUT2D eigenvalue weighted by atomic mass is 10.2. The molecule has 1 N–H and O–H groups in total. The molecule has 108 valence electrons. The van der Waals surface area contributed by atoms with Crippen LogP contribution in [0.1, 0.15) is 11.4 Å². The molecule has 3 aromatic rings. The van der Waals surface area contributed by atoms with Gasteiger partial charge >= 0.3 is 0 Å². The summed E-state index contributed by atoms with van der Waals surface area (Å²) >= 11 is 1.65. The molecule has 0 radical (unpaired) electrons. The molecule has 0 unspecified atom stereocenters. The van der Waals surface area contributed by atoms with Crippen LogP contribution in [-0.4, -0.2) is 29.0 Å². The first-order chi connectivity index (χ1) is 10.3. The maximum absolute atomic E-state index is 4.65. The summed E-state index contributed by atoms with van der Waals surface area (Å²) in [6.07, 6.45) is 0. The van der Waals surface area contributed by atoms with E-state index in [4.69, 9.17) is 0 Å². The van der Waals surface area contributed by atoms with E-state index in [9.17, 15) is 0 Å². The molecule has 2 heterocycles. The van der Waals surface area contributed by atoms with Crippen molar-refractivity contribution in [2.24, 2.45) is 0 Å². The van der Waals surface area contributed by atoms with E-state index in [1.165, 1.54) is 5.56 Å². The van der Waals surface area contributed by atoms with E-state index in [1.54, 1.807) is 11.3 Å². The normalized spacial score (nSPS) is 11.2. The quantitative estimate of drug-likeness (QED) is 0.784. The Hall–Kier alpha value is -1.98. The van der Waals surface area contributed by atoms with E-state index in [0.717, 1.165) is 34.9 Å². The monoisotopic (exact) mass is 298 g/mol. The molecular formula is C16H18N4S. The van der Waals surface area contributed by atoms with Crippen LogP contribution in [0.2, 0.25) is 0 Å². The van der Waals surface area contributed by atoms with Gasteiger partial charge in [-0.15, -0.1) is 11.3 Å². The van der Waals surface area contributed by atoms with Crippen LogP contribution in [0.25, 0.3) is 10.2 Å². The number of hydrogen-bond donors (Lipinski definition) is 1. The average Bonchev–Trinajstić information content (AvgIpc) is 2.95. The predicted octanol–water partition coefficient (Wildman–Crippen LogP) is 3.37. The minimum atomic E-state index is 0.734. The number of nitrogens with one attached hydrogen (secondary N) is 1. The maximum Gasteiger partial charge on any atom is 0.146 e. The lowest BCUT2D eigenvalue weighted by Crippen LogP contribution is -2.19. The first-order valence-electron chi connectivity index (χ1n) is 6.90. The molecule has 0 bridgehead atoms. The van der Waals surface area contributed by atoms with Crippen LogP contribution in [0.15, 0.2) is 41.8 Å². The van der Waals surface area contributed by atoms with Crippen LogP contribution in [0.5, 0.6) is 0 Å². The predicted molar refractivity (Wildman–Crippen MR) is 88.6 cm³/mol. The molecule has 1 aromatic carbocycles. The van der Waals surface area contributed by atoms with Crippen molar-refractivity contribution in [1.29, 1.82) is 0 Å². The zero-order chi connectivity index (χ0) is 14.7. The molecule has 5 heteroatoms. The largest absolute Gasteiger partial charge is 0.372 e. The van der Waals surface area contributed by atoms with E-state index < -0.39 is 0 Å². The van der Waals surface area contributed by atoms with Gasteiger partial charge in [-0.25, -0.2) is 9.97 Å². The smallest absolute Gasteiger partial charge is 0.146 e. The van der Waals surface area contributed by atoms with Gasteiger partial charge in [0.15, 0.2) is 0 Å². The fourth-order valence-corrected chi connectivity index (χ4v) is 3.14. The van der Waals surface area contributed by atoms with Crippen molar-refractivity contribution in [1.82, 2.24) is 14.9 Å². The second-order valence-electron chi connectivity index (χ2n) is 5.04. The third-order valence-corrected chi connectivity index (χ3v) is 4.12. The molecule has 3 rings (SSSR count). The molecule has 0 spiro atoms. The summed E-state index contributed by atoms with van der Waals surface area (Å²) in [6.45, 7) is 1.62. The Morgan fingerprint density at radius 1 is 1.10 bits per heavy atom. The lowest BCUT2D eigenvalue weighted by molar-refractivity contribution is 0.311. The summed E-state index contributed by atoms with van der Waals surface area (Å²) in [7, 11) is 3.99. The van der Waals surface area contributed by atoms with Crippen LogP contribution in [0.3, 0.4) is 0 Å². The summed E-state index contributed by atoms with van der Waals surface area (Å²) in [4.78, 5) is 12.5. The Balaban J connectivity index is 1.78. The Morgan fingerprint density at radius 2 is 1.90 bits per heavy atom. The maximum atomic E-state index is 4.65. The van der Waals surface area contributed by atoms with Crippen molar-refractivity contribution in [2.45, 2.75) is 13.1 Å². The average molecular weight is 298 g/mol. The molecule has 0 atom stereocenters. The highest BCUT2D eigenvalue weighted by atomic mass is 32.1. The second-order valence-corrected chi connectivity index (χ2v) is 5.93. The first kappa shape index (κ1) is 14.0. The molecule has 21 heavy (non-hydrogen) atoms. The third kappa shape index (κ3) is 3.20. The van der Waals surface area contributed by atoms with Crippen molar-refractivity contribution in [3.05, 3.63) is 53.2 Å². The summed E-state index contributed by atoms with van der Waals surface area (Å²) < 4.78 is 0. The number of aromatic nitrogens is 2. The van der Waals surface area contributed by atoms with Gasteiger partial charge in [-0.1, -0.05) is 30.3 Å². The Bertz CT molecular complexity index is 723. The van der Waals surface area contributed by atoms with Gasteiger partial charge in [-0.05, 0) is 24.1 Å². The zero-order valence-corrected chi connectivity index (χ0v) is 13.0. The summed E-state index contributed by atoms with van der Waals surface area (Å²) in [5, 5.41) is 6.30. The number of nitrogens with zero attached hydrogens (tertiary/aromatic N) is 3. The highest BCUT2D eigenvalue weighted by Crippen LogP contribution is 2.25. The minimum Gasteiger partial charge on any atom is -0.372 e. The number of fused-ring (bicyclic) bond motifs is 1. The van der Waals surface area contributed by atoms with E-state index in [0.29, 0.717) is 0 Å². The molecule has 0 amide bonds. The van der Waals surface area contributed by atoms with E-state index in [1.807, 2.05) is 13.1 Å². The molecule has 0 fully saturated rings. The summed E-state index contributed by atoms with van der Waals surface area (Å²) in [5.41, 5.74) is 1.30. The van der Waals surface area contributed by atoms with E-state index in [-0.39, 0.29) is 0 Å². The highest BCUT2D eigenvalue weighted by molar-refractivity contribution is 7.16. The van der Waals surface area contributed by atoms with Crippen LogP contribution in [0.4, 0.5) is 5.82 Å². The first-order valence-corrected chi connectivity index (χ1v) is 7.78. The molecule has 0 saturated carbocycles. The Morgan fingerprint density at radius 3 is 2.67 bits per heavy atom. The minimum absolute atomic E-state index is 0.734. The van der Waals surface area contributed by atoms with Crippen molar-refractivity contribution < 1.29 is 0 Å². The van der Waals surface area contributed by atoms with Crippen molar-refractivity contribution in [3.63, 3.8) is 0 Å². The Labute approximate surface area is 128 Å². The molecule has 0 saturated heterocycles. The third-order valence-electron chi connectivity index (χ3n) is 3.31. The van der Waals surface area contributed by atoms with Gasteiger partial charge in [0.2, 0.25) is 0 Å². The number of hydrogen-bond acceptors (Lipinski definition) is 5. The second kappa shape index (κ2) is 6.20. The zero-order valence-electron chi connectivity index (χ0n) is 12.2. The van der Waals surface area contributed by atoms with Crippen LogP contribution in [0, 0.1) is 0 Å². The SMILES string of the molecule is CNc1nc(CN(C)Cc2ccccc2)nc2sccc12. The standard InChI is InChI=1S/C16H18N4S/c1-17-15-13-8-9-21-16(13)19-14(18-15)11-20(2)10-12-6-4-3-5-7-12/h3-9H,10-11H2,1-2H3,(H,17,18,19). The number of benzene rings is 1. The van der Waals surface area contributed by atoms with Gasteiger partial charge in [-0.3, -0.25) is 4.90 Å². The highest BCUT2D eigenvalue weighted by Gasteiger charge is 2.10. The number of thiophene rings is 1. The fourth-order valence-electron chi connectivity index (χ4n) is 2.35. The fraction of sp³-hybridized carbons (Fsp3) is 0.250. The number of anilines is 1. The van der Waals surface area contributed by atoms with E-state index in [2.05, 4.69) is 62.9 Å². The van der Waals surface area contributed by atoms with Crippen molar-refractivity contribution >= 4 is 27.4 Å². The molecular weight excluding hydrogens is 280 g/mol. The van der Waals surface area contributed by atoms with Crippen LogP contribution >= 0.6 is 11.3 Å². The topological polar surface area (TPSA) is 41.1 Å². The molecule has 2 aromatic heterocycles. The van der Waals surface area contributed by atoms with Crippen LogP contribution < -0.4 is 5.32 Å². The van der Waals surface area contributed by atoms with E-state index >= 15 is 0 Å². The van der Waals surface area contributed by atoms with Gasteiger partial charge in [-0.2, -0.15) is 0 Å². The molecule has 4 nitrogen and oxygen atoms in total. The van der Waals surface area contributed by atoms with Gasteiger partial charge < -0.3 is 5.32 Å².